The maximum atomic E-state index is 11.6. The van der Waals surface area contributed by atoms with Crippen LogP contribution in [0.2, 0.25) is 0 Å². The van der Waals surface area contributed by atoms with Crippen molar-refractivity contribution in [3.63, 3.8) is 0 Å². The SMILES string of the molecule is O=C(Nc1ccncc1)c1ncccn1. The van der Waals surface area contributed by atoms with E-state index in [9.17, 15) is 4.79 Å². The molecule has 0 bridgehead atoms. The molecule has 2 aromatic heterocycles. The minimum Gasteiger partial charge on any atom is -0.319 e. The van der Waals surface area contributed by atoms with E-state index in [1.54, 1.807) is 30.6 Å². The molecule has 0 aromatic carbocycles. The quantitative estimate of drug-likeness (QED) is 0.788. The van der Waals surface area contributed by atoms with Crippen LogP contribution in [0.5, 0.6) is 0 Å². The second kappa shape index (κ2) is 4.28. The van der Waals surface area contributed by atoms with Crippen molar-refractivity contribution in [2.75, 3.05) is 5.32 Å². The van der Waals surface area contributed by atoms with E-state index in [0.717, 1.165) is 0 Å². The van der Waals surface area contributed by atoms with Gasteiger partial charge >= 0.3 is 0 Å². The minimum absolute atomic E-state index is 0.148. The van der Waals surface area contributed by atoms with Crippen molar-refractivity contribution in [1.29, 1.82) is 0 Å². The van der Waals surface area contributed by atoms with Gasteiger partial charge in [-0.2, -0.15) is 0 Å². The Labute approximate surface area is 86.2 Å². The van der Waals surface area contributed by atoms with Gasteiger partial charge in [0.15, 0.2) is 0 Å². The van der Waals surface area contributed by atoms with Crippen LogP contribution in [0.3, 0.4) is 0 Å². The van der Waals surface area contributed by atoms with Crippen molar-refractivity contribution in [3.8, 4) is 0 Å². The van der Waals surface area contributed by atoms with Crippen molar-refractivity contribution in [3.05, 3.63) is 48.8 Å². The van der Waals surface area contributed by atoms with Crippen LogP contribution in [0, 0.1) is 0 Å². The number of carbonyl (C=O) groups is 1. The van der Waals surface area contributed by atoms with Crippen LogP contribution in [0.1, 0.15) is 10.6 Å². The lowest BCUT2D eigenvalue weighted by Gasteiger charge is -2.02. The maximum Gasteiger partial charge on any atom is 0.293 e. The number of nitrogens with one attached hydrogen (secondary N) is 1. The van der Waals surface area contributed by atoms with Crippen LogP contribution in [-0.2, 0) is 0 Å². The van der Waals surface area contributed by atoms with Gasteiger partial charge in [-0.15, -0.1) is 0 Å². The molecule has 0 fully saturated rings. The lowest BCUT2D eigenvalue weighted by Crippen LogP contribution is -2.15. The first-order valence-electron chi connectivity index (χ1n) is 4.34. The molecule has 0 saturated heterocycles. The number of hydrogen-bond acceptors (Lipinski definition) is 4. The molecule has 15 heavy (non-hydrogen) atoms. The molecule has 5 nitrogen and oxygen atoms in total. The largest absolute Gasteiger partial charge is 0.319 e. The average molecular weight is 200 g/mol. The summed E-state index contributed by atoms with van der Waals surface area (Å²) in [7, 11) is 0. The smallest absolute Gasteiger partial charge is 0.293 e. The summed E-state index contributed by atoms with van der Waals surface area (Å²) in [6.45, 7) is 0. The van der Waals surface area contributed by atoms with Gasteiger partial charge in [-0.3, -0.25) is 9.78 Å². The molecule has 0 saturated carbocycles. The Hall–Kier alpha value is -2.30. The molecule has 2 heterocycles. The van der Waals surface area contributed by atoms with Gasteiger partial charge in [0.25, 0.3) is 5.91 Å². The third kappa shape index (κ3) is 2.34. The van der Waals surface area contributed by atoms with Gasteiger partial charge in [0.1, 0.15) is 0 Å². The molecular formula is C10H8N4O. The molecule has 0 aliphatic rings. The van der Waals surface area contributed by atoms with E-state index in [-0.39, 0.29) is 11.7 Å². The predicted molar refractivity (Wildman–Crippen MR) is 54.2 cm³/mol. The molecule has 74 valence electrons. The highest BCUT2D eigenvalue weighted by Crippen LogP contribution is 2.04. The summed E-state index contributed by atoms with van der Waals surface area (Å²) in [5.41, 5.74) is 0.669. The summed E-state index contributed by atoms with van der Waals surface area (Å²) in [5, 5.41) is 2.65. The lowest BCUT2D eigenvalue weighted by atomic mass is 10.4. The van der Waals surface area contributed by atoms with Crippen LogP contribution >= 0.6 is 0 Å². The van der Waals surface area contributed by atoms with Gasteiger partial charge in [-0.1, -0.05) is 0 Å². The van der Waals surface area contributed by atoms with Gasteiger partial charge < -0.3 is 5.32 Å². The van der Waals surface area contributed by atoms with Crippen molar-refractivity contribution < 1.29 is 4.79 Å². The highest BCUT2D eigenvalue weighted by molar-refractivity contribution is 6.01. The maximum absolute atomic E-state index is 11.6. The second-order valence-corrected chi connectivity index (χ2v) is 2.76. The van der Waals surface area contributed by atoms with E-state index < -0.39 is 0 Å². The Morgan fingerprint density at radius 1 is 1.07 bits per heavy atom. The van der Waals surface area contributed by atoms with Crippen LogP contribution in [0.25, 0.3) is 0 Å². The minimum atomic E-state index is -0.332. The Kier molecular flexibility index (Phi) is 2.64. The third-order valence-electron chi connectivity index (χ3n) is 1.71. The zero-order valence-electron chi connectivity index (χ0n) is 7.79. The van der Waals surface area contributed by atoms with E-state index in [0.29, 0.717) is 5.69 Å². The summed E-state index contributed by atoms with van der Waals surface area (Å²) in [6, 6.07) is 5.05. The van der Waals surface area contributed by atoms with E-state index in [1.165, 1.54) is 12.4 Å². The second-order valence-electron chi connectivity index (χ2n) is 2.76. The van der Waals surface area contributed by atoms with Gasteiger partial charge in [-0.25, -0.2) is 9.97 Å². The van der Waals surface area contributed by atoms with Crippen LogP contribution < -0.4 is 5.32 Å². The first kappa shape index (κ1) is 9.26. The Balaban J connectivity index is 2.12. The van der Waals surface area contributed by atoms with E-state index in [2.05, 4.69) is 20.3 Å². The van der Waals surface area contributed by atoms with Gasteiger partial charge in [0, 0.05) is 30.5 Å². The number of aromatic nitrogens is 3. The molecule has 0 unspecified atom stereocenters. The fourth-order valence-electron chi connectivity index (χ4n) is 1.04. The molecule has 0 spiro atoms. The molecule has 1 amide bonds. The van der Waals surface area contributed by atoms with E-state index in [1.807, 2.05) is 0 Å². The average Bonchev–Trinajstić information content (AvgIpc) is 2.31. The number of amides is 1. The van der Waals surface area contributed by atoms with E-state index >= 15 is 0 Å². The molecule has 0 radical (unpaired) electrons. The van der Waals surface area contributed by atoms with Crippen molar-refractivity contribution in [2.24, 2.45) is 0 Å². The highest BCUT2D eigenvalue weighted by Gasteiger charge is 2.07. The van der Waals surface area contributed by atoms with Crippen LogP contribution in [-0.4, -0.2) is 20.9 Å². The Morgan fingerprint density at radius 3 is 2.40 bits per heavy atom. The molecule has 5 heteroatoms. The zero-order valence-corrected chi connectivity index (χ0v) is 7.79. The van der Waals surface area contributed by atoms with Crippen molar-refractivity contribution in [1.82, 2.24) is 15.0 Å². The highest BCUT2D eigenvalue weighted by atomic mass is 16.2. The monoisotopic (exact) mass is 200 g/mol. The number of hydrogen-bond donors (Lipinski definition) is 1. The Bertz CT molecular complexity index is 443. The standard InChI is InChI=1S/C10H8N4O/c15-10(9-12-4-1-5-13-9)14-8-2-6-11-7-3-8/h1-7H,(H,11,14,15). The molecule has 2 aromatic rings. The van der Waals surface area contributed by atoms with Gasteiger partial charge in [0.2, 0.25) is 5.82 Å². The fourth-order valence-corrected chi connectivity index (χ4v) is 1.04. The van der Waals surface area contributed by atoms with Crippen LogP contribution in [0.15, 0.2) is 43.0 Å². The molecule has 1 N–H and O–H groups in total. The number of carbonyl (C=O) groups excluding carboxylic acids is 1. The molecular weight excluding hydrogens is 192 g/mol. The topological polar surface area (TPSA) is 67.8 Å². The van der Waals surface area contributed by atoms with Crippen molar-refractivity contribution >= 4 is 11.6 Å². The molecule has 0 aliphatic carbocycles. The summed E-state index contributed by atoms with van der Waals surface area (Å²) in [4.78, 5) is 23.1. The summed E-state index contributed by atoms with van der Waals surface area (Å²) in [6.07, 6.45) is 6.24. The summed E-state index contributed by atoms with van der Waals surface area (Å²) >= 11 is 0. The number of anilines is 1. The van der Waals surface area contributed by atoms with Gasteiger partial charge in [0.05, 0.1) is 0 Å². The normalized spacial score (nSPS) is 9.60. The molecule has 2 rings (SSSR count). The summed E-state index contributed by atoms with van der Waals surface area (Å²) < 4.78 is 0. The first-order valence-corrected chi connectivity index (χ1v) is 4.34. The van der Waals surface area contributed by atoms with E-state index in [4.69, 9.17) is 0 Å². The molecule has 0 atom stereocenters. The molecule has 0 aliphatic heterocycles. The fraction of sp³-hybridized carbons (Fsp3) is 0. The third-order valence-corrected chi connectivity index (χ3v) is 1.71. The number of pyridine rings is 1. The number of nitrogens with zero attached hydrogens (tertiary/aromatic N) is 3. The first-order chi connectivity index (χ1) is 7.36. The van der Waals surface area contributed by atoms with Gasteiger partial charge in [-0.05, 0) is 18.2 Å². The van der Waals surface area contributed by atoms with Crippen LogP contribution in [0.4, 0.5) is 5.69 Å². The summed E-state index contributed by atoms with van der Waals surface area (Å²) in [5.74, 6) is -0.184. The Morgan fingerprint density at radius 2 is 1.73 bits per heavy atom. The van der Waals surface area contributed by atoms with Crippen molar-refractivity contribution in [2.45, 2.75) is 0 Å². The predicted octanol–water partition coefficient (Wildman–Crippen LogP) is 1.12. The lowest BCUT2D eigenvalue weighted by molar-refractivity contribution is 0.101. The zero-order chi connectivity index (χ0) is 10.5. The number of rotatable bonds is 2.